The average Bonchev–Trinajstić information content (AvgIpc) is 2.43. The number of benzene rings is 1. The molecule has 0 fully saturated rings. The number of carbonyl (C=O) groups excluding carboxylic acids is 1. The van der Waals surface area contributed by atoms with Gasteiger partial charge in [0.1, 0.15) is 0 Å². The molecular weight excluding hydrogens is 265 g/mol. The van der Waals surface area contributed by atoms with Crippen LogP contribution in [0.1, 0.15) is 37.0 Å². The lowest BCUT2D eigenvalue weighted by Crippen LogP contribution is -2.37. The first kappa shape index (κ1) is 15.9. The summed E-state index contributed by atoms with van der Waals surface area (Å²) in [5.41, 5.74) is -0.170. The third-order valence-corrected chi connectivity index (χ3v) is 2.89. The molecule has 20 heavy (non-hydrogen) atoms. The number of carboxylic acids is 1. The first-order valence-electron chi connectivity index (χ1n) is 6.42. The van der Waals surface area contributed by atoms with Crippen molar-refractivity contribution in [2.24, 2.45) is 0 Å². The van der Waals surface area contributed by atoms with Crippen LogP contribution < -0.4 is 10.1 Å². The molecule has 1 aromatic carbocycles. The number of amides is 1. The Balaban J connectivity index is 2.57. The summed E-state index contributed by atoms with van der Waals surface area (Å²) < 4.78 is 18.6. The minimum atomic E-state index is -1.22. The molecule has 5 nitrogen and oxygen atoms in total. The Morgan fingerprint density at radius 3 is 2.50 bits per heavy atom. The number of hydrogen-bond donors (Lipinski definition) is 2. The third kappa shape index (κ3) is 4.53. The molecule has 0 atom stereocenters. The maximum Gasteiger partial charge on any atom is 0.335 e. The molecule has 0 saturated carbocycles. The minimum absolute atomic E-state index is 0.0744. The summed E-state index contributed by atoms with van der Waals surface area (Å²) in [6.07, 6.45) is 1.62. The van der Waals surface area contributed by atoms with E-state index in [9.17, 15) is 14.0 Å². The Hall–Kier alpha value is -2.11. The number of carbonyl (C=O) groups is 2. The van der Waals surface area contributed by atoms with Gasteiger partial charge in [0.2, 0.25) is 0 Å². The predicted molar refractivity (Wildman–Crippen MR) is 71.4 cm³/mol. The Morgan fingerprint density at radius 2 is 2.00 bits per heavy atom. The highest BCUT2D eigenvalue weighted by atomic mass is 19.1. The molecule has 0 aliphatic heterocycles. The zero-order chi connectivity index (χ0) is 15.1. The second-order valence-electron chi connectivity index (χ2n) is 4.32. The van der Waals surface area contributed by atoms with Gasteiger partial charge in [-0.2, -0.15) is 0 Å². The maximum absolute atomic E-state index is 13.5. The molecular formula is C14H18FNO4. The number of nitrogens with one attached hydrogen (secondary N) is 1. The molecule has 0 radical (unpaired) electrons. The molecule has 110 valence electrons. The maximum atomic E-state index is 13.5. The lowest BCUT2D eigenvalue weighted by atomic mass is 10.2. The topological polar surface area (TPSA) is 75.6 Å². The highest BCUT2D eigenvalue weighted by molar-refractivity contribution is 5.87. The molecule has 1 rings (SSSR count). The van der Waals surface area contributed by atoms with Crippen molar-refractivity contribution in [3.05, 3.63) is 29.6 Å². The number of halogens is 1. The van der Waals surface area contributed by atoms with Crippen molar-refractivity contribution in [1.82, 2.24) is 5.32 Å². The van der Waals surface area contributed by atoms with Crippen LogP contribution in [0, 0.1) is 5.82 Å². The van der Waals surface area contributed by atoms with Gasteiger partial charge < -0.3 is 15.2 Å². The summed E-state index contributed by atoms with van der Waals surface area (Å²) in [5, 5.41) is 11.5. The summed E-state index contributed by atoms with van der Waals surface area (Å²) in [6, 6.07) is 3.35. The molecule has 0 bridgehead atoms. The van der Waals surface area contributed by atoms with E-state index in [4.69, 9.17) is 9.84 Å². The van der Waals surface area contributed by atoms with Crippen LogP contribution in [-0.2, 0) is 4.79 Å². The molecule has 0 aromatic heterocycles. The fourth-order valence-electron chi connectivity index (χ4n) is 1.66. The Morgan fingerprint density at radius 1 is 1.35 bits per heavy atom. The van der Waals surface area contributed by atoms with Crippen molar-refractivity contribution < 1.29 is 23.8 Å². The number of ether oxygens (including phenoxy) is 1. The van der Waals surface area contributed by atoms with E-state index in [0.29, 0.717) is 0 Å². The summed E-state index contributed by atoms with van der Waals surface area (Å²) in [6.45, 7) is 3.61. The third-order valence-electron chi connectivity index (χ3n) is 2.89. The van der Waals surface area contributed by atoms with Crippen molar-refractivity contribution in [2.75, 3.05) is 6.61 Å². The van der Waals surface area contributed by atoms with Gasteiger partial charge in [-0.15, -0.1) is 0 Å². The van der Waals surface area contributed by atoms with Gasteiger partial charge in [-0.05, 0) is 31.0 Å². The summed E-state index contributed by atoms with van der Waals surface area (Å²) in [7, 11) is 0. The van der Waals surface area contributed by atoms with Crippen LogP contribution in [0.25, 0.3) is 0 Å². The van der Waals surface area contributed by atoms with Crippen molar-refractivity contribution >= 4 is 11.9 Å². The van der Waals surface area contributed by atoms with Crippen LogP contribution in [0.5, 0.6) is 5.75 Å². The SMILES string of the molecule is CCC(CC)NC(=O)COc1ccc(C(=O)O)cc1F. The van der Waals surface area contributed by atoms with E-state index in [1.54, 1.807) is 0 Å². The number of rotatable bonds is 7. The molecule has 6 heteroatoms. The molecule has 0 spiro atoms. The van der Waals surface area contributed by atoms with Gasteiger partial charge in [0.25, 0.3) is 5.91 Å². The largest absolute Gasteiger partial charge is 0.481 e. The Bertz CT molecular complexity index is 486. The van der Waals surface area contributed by atoms with E-state index in [-0.39, 0.29) is 29.9 Å². The zero-order valence-corrected chi connectivity index (χ0v) is 11.5. The fraction of sp³-hybridized carbons (Fsp3) is 0.429. The monoisotopic (exact) mass is 283 g/mol. The van der Waals surface area contributed by atoms with Crippen LogP contribution in [0.15, 0.2) is 18.2 Å². The number of aromatic carboxylic acids is 1. The van der Waals surface area contributed by atoms with Crippen LogP contribution in [0.4, 0.5) is 4.39 Å². The summed E-state index contributed by atoms with van der Waals surface area (Å²) in [5.74, 6) is -2.50. The Kier molecular flexibility index (Phi) is 5.96. The van der Waals surface area contributed by atoms with Gasteiger partial charge in [-0.3, -0.25) is 4.79 Å². The quantitative estimate of drug-likeness (QED) is 0.804. The molecule has 0 unspecified atom stereocenters. The summed E-state index contributed by atoms with van der Waals surface area (Å²) in [4.78, 5) is 22.2. The average molecular weight is 283 g/mol. The van der Waals surface area contributed by atoms with Gasteiger partial charge in [-0.1, -0.05) is 13.8 Å². The van der Waals surface area contributed by atoms with Crippen LogP contribution in [-0.4, -0.2) is 29.6 Å². The first-order valence-corrected chi connectivity index (χ1v) is 6.42. The van der Waals surface area contributed by atoms with Gasteiger partial charge >= 0.3 is 5.97 Å². The molecule has 0 heterocycles. The van der Waals surface area contributed by atoms with Crippen LogP contribution >= 0.6 is 0 Å². The first-order chi connectivity index (χ1) is 9.47. The lowest BCUT2D eigenvalue weighted by molar-refractivity contribution is -0.123. The second kappa shape index (κ2) is 7.47. The van der Waals surface area contributed by atoms with Crippen LogP contribution in [0.2, 0.25) is 0 Å². The molecule has 0 saturated heterocycles. The molecule has 1 aromatic rings. The normalized spacial score (nSPS) is 10.4. The Labute approximate surface area is 116 Å². The second-order valence-corrected chi connectivity index (χ2v) is 4.32. The van der Waals surface area contributed by atoms with E-state index in [0.717, 1.165) is 18.9 Å². The van der Waals surface area contributed by atoms with E-state index in [1.807, 2.05) is 13.8 Å². The fourth-order valence-corrected chi connectivity index (χ4v) is 1.66. The minimum Gasteiger partial charge on any atom is -0.481 e. The summed E-state index contributed by atoms with van der Waals surface area (Å²) >= 11 is 0. The van der Waals surface area contributed by atoms with Crippen molar-refractivity contribution in [3.8, 4) is 5.75 Å². The van der Waals surface area contributed by atoms with Crippen molar-refractivity contribution in [2.45, 2.75) is 32.7 Å². The van der Waals surface area contributed by atoms with E-state index < -0.39 is 11.8 Å². The van der Waals surface area contributed by atoms with Gasteiger partial charge in [0.15, 0.2) is 18.2 Å². The molecule has 1 amide bonds. The van der Waals surface area contributed by atoms with Crippen LogP contribution in [0.3, 0.4) is 0 Å². The van der Waals surface area contributed by atoms with Gasteiger partial charge in [0, 0.05) is 6.04 Å². The number of carboxylic acid groups (broad SMARTS) is 1. The molecule has 0 aliphatic rings. The van der Waals surface area contributed by atoms with E-state index in [2.05, 4.69) is 5.32 Å². The smallest absolute Gasteiger partial charge is 0.335 e. The number of hydrogen-bond acceptors (Lipinski definition) is 3. The highest BCUT2D eigenvalue weighted by Gasteiger charge is 2.12. The van der Waals surface area contributed by atoms with Gasteiger partial charge in [0.05, 0.1) is 5.56 Å². The van der Waals surface area contributed by atoms with Crippen molar-refractivity contribution in [3.63, 3.8) is 0 Å². The standard InChI is InChI=1S/C14H18FNO4/c1-3-10(4-2)16-13(17)8-20-12-6-5-9(14(18)19)7-11(12)15/h5-7,10H,3-4,8H2,1-2H3,(H,16,17)(H,18,19). The lowest BCUT2D eigenvalue weighted by Gasteiger charge is -2.15. The predicted octanol–water partition coefficient (Wildman–Crippen LogP) is 2.21. The van der Waals surface area contributed by atoms with E-state index >= 15 is 0 Å². The van der Waals surface area contributed by atoms with Gasteiger partial charge in [-0.25, -0.2) is 9.18 Å². The zero-order valence-electron chi connectivity index (χ0n) is 11.5. The van der Waals surface area contributed by atoms with Crippen molar-refractivity contribution in [1.29, 1.82) is 0 Å². The molecule has 0 aliphatic carbocycles. The highest BCUT2D eigenvalue weighted by Crippen LogP contribution is 2.18. The molecule has 2 N–H and O–H groups in total. The van der Waals surface area contributed by atoms with E-state index in [1.165, 1.54) is 12.1 Å².